The van der Waals surface area contributed by atoms with Crippen LogP contribution in [0.5, 0.6) is 0 Å². The van der Waals surface area contributed by atoms with Crippen molar-refractivity contribution in [3.8, 4) is 0 Å². The quantitative estimate of drug-likeness (QED) is 0.764. The first-order valence-corrected chi connectivity index (χ1v) is 6.13. The number of benzene rings is 1. The van der Waals surface area contributed by atoms with Crippen molar-refractivity contribution in [2.24, 2.45) is 0 Å². The molecule has 1 atom stereocenters. The van der Waals surface area contributed by atoms with Crippen LogP contribution in [0, 0.1) is 0 Å². The fourth-order valence-corrected chi connectivity index (χ4v) is 2.21. The molecule has 1 aliphatic rings. The van der Waals surface area contributed by atoms with Crippen molar-refractivity contribution in [1.29, 1.82) is 0 Å². The van der Waals surface area contributed by atoms with E-state index in [9.17, 15) is 0 Å². The van der Waals surface area contributed by atoms with E-state index in [1.807, 2.05) is 18.2 Å². The van der Waals surface area contributed by atoms with Crippen LogP contribution in [0.25, 0.3) is 0 Å². The van der Waals surface area contributed by atoms with Crippen molar-refractivity contribution in [3.63, 3.8) is 0 Å². The van der Waals surface area contributed by atoms with E-state index in [-0.39, 0.29) is 0 Å². The van der Waals surface area contributed by atoms with Crippen LogP contribution in [-0.4, -0.2) is 56.1 Å². The lowest BCUT2D eigenvalue weighted by Gasteiger charge is -2.37. The molecule has 4 nitrogen and oxygen atoms in total. The minimum Gasteiger partial charge on any atom is -0.399 e. The molecule has 0 saturated carbocycles. The molecule has 3 N–H and O–H groups in total. The molecule has 1 aromatic carbocycles. The number of hydrogen-bond donors (Lipinski definition) is 2. The normalized spacial score (nSPS) is 22.6. The average molecular weight is 234 g/mol. The van der Waals surface area contributed by atoms with Crippen molar-refractivity contribution in [2.75, 3.05) is 51.3 Å². The van der Waals surface area contributed by atoms with Gasteiger partial charge in [-0.15, -0.1) is 0 Å². The van der Waals surface area contributed by atoms with Crippen molar-refractivity contribution in [3.05, 3.63) is 24.3 Å². The van der Waals surface area contributed by atoms with Crippen LogP contribution >= 0.6 is 0 Å². The Morgan fingerprint density at radius 2 is 2.18 bits per heavy atom. The van der Waals surface area contributed by atoms with E-state index in [4.69, 9.17) is 5.73 Å². The third-order valence-corrected chi connectivity index (χ3v) is 3.41. The van der Waals surface area contributed by atoms with Gasteiger partial charge in [-0.2, -0.15) is 0 Å². The maximum absolute atomic E-state index is 5.76. The SMILES string of the molecule is CN1CCN(C)C(CNc2cccc(N)c2)C1. The van der Waals surface area contributed by atoms with Crippen LogP contribution in [-0.2, 0) is 0 Å². The Kier molecular flexibility index (Phi) is 3.86. The second-order valence-electron chi connectivity index (χ2n) is 4.90. The predicted octanol–water partition coefficient (Wildman–Crippen LogP) is 0.926. The molecule has 1 aromatic rings. The molecule has 0 aliphatic carbocycles. The van der Waals surface area contributed by atoms with E-state index in [0.29, 0.717) is 6.04 Å². The highest BCUT2D eigenvalue weighted by atomic mass is 15.3. The molecule has 0 amide bonds. The van der Waals surface area contributed by atoms with Crippen molar-refractivity contribution < 1.29 is 0 Å². The van der Waals surface area contributed by atoms with E-state index >= 15 is 0 Å². The molecule has 1 unspecified atom stereocenters. The third-order valence-electron chi connectivity index (χ3n) is 3.41. The Hall–Kier alpha value is -1.26. The Labute approximate surface area is 103 Å². The predicted molar refractivity (Wildman–Crippen MR) is 73.3 cm³/mol. The first-order chi connectivity index (χ1) is 8.15. The highest BCUT2D eigenvalue weighted by molar-refractivity contribution is 5.54. The minimum absolute atomic E-state index is 0.565. The summed E-state index contributed by atoms with van der Waals surface area (Å²) in [5, 5.41) is 3.46. The Bertz CT molecular complexity index is 366. The first-order valence-electron chi connectivity index (χ1n) is 6.13. The number of likely N-dealkylation sites (N-methyl/N-ethyl adjacent to an activating group) is 2. The van der Waals surface area contributed by atoms with E-state index in [2.05, 4.69) is 35.3 Å². The lowest BCUT2D eigenvalue weighted by molar-refractivity contribution is 0.122. The van der Waals surface area contributed by atoms with E-state index in [1.165, 1.54) is 0 Å². The van der Waals surface area contributed by atoms with E-state index < -0.39 is 0 Å². The van der Waals surface area contributed by atoms with Crippen LogP contribution in [0.15, 0.2) is 24.3 Å². The number of nitrogens with zero attached hydrogens (tertiary/aromatic N) is 2. The molecule has 4 heteroatoms. The smallest absolute Gasteiger partial charge is 0.0393 e. The average Bonchev–Trinajstić information content (AvgIpc) is 2.30. The summed E-state index contributed by atoms with van der Waals surface area (Å²) < 4.78 is 0. The van der Waals surface area contributed by atoms with Gasteiger partial charge in [0.1, 0.15) is 0 Å². The molecular formula is C13H22N4. The molecule has 0 spiro atoms. The van der Waals surface area contributed by atoms with Crippen molar-refractivity contribution in [2.45, 2.75) is 6.04 Å². The van der Waals surface area contributed by atoms with Crippen molar-refractivity contribution >= 4 is 11.4 Å². The maximum Gasteiger partial charge on any atom is 0.0393 e. The molecule has 1 fully saturated rings. The van der Waals surface area contributed by atoms with Crippen LogP contribution in [0.1, 0.15) is 0 Å². The van der Waals surface area contributed by atoms with Gasteiger partial charge in [-0.3, -0.25) is 4.90 Å². The van der Waals surface area contributed by atoms with Gasteiger partial charge in [-0.25, -0.2) is 0 Å². The number of piperazine rings is 1. The van der Waals surface area contributed by atoms with Gasteiger partial charge in [0.2, 0.25) is 0 Å². The second-order valence-corrected chi connectivity index (χ2v) is 4.90. The van der Waals surface area contributed by atoms with Gasteiger partial charge in [-0.1, -0.05) is 6.07 Å². The van der Waals surface area contributed by atoms with Gasteiger partial charge in [0.25, 0.3) is 0 Å². The van der Waals surface area contributed by atoms with Gasteiger partial charge in [0.05, 0.1) is 0 Å². The Morgan fingerprint density at radius 3 is 2.94 bits per heavy atom. The Morgan fingerprint density at radius 1 is 1.35 bits per heavy atom. The summed E-state index contributed by atoms with van der Waals surface area (Å²) in [6, 6.07) is 8.49. The molecule has 94 valence electrons. The number of nitrogens with one attached hydrogen (secondary N) is 1. The molecule has 2 rings (SSSR count). The number of hydrogen-bond acceptors (Lipinski definition) is 4. The third kappa shape index (κ3) is 3.35. The monoisotopic (exact) mass is 234 g/mol. The molecular weight excluding hydrogens is 212 g/mol. The molecule has 1 saturated heterocycles. The zero-order valence-corrected chi connectivity index (χ0v) is 10.7. The summed E-state index contributed by atoms with van der Waals surface area (Å²) in [4.78, 5) is 4.80. The van der Waals surface area contributed by atoms with Gasteiger partial charge >= 0.3 is 0 Å². The summed E-state index contributed by atoms with van der Waals surface area (Å²) in [7, 11) is 4.37. The summed E-state index contributed by atoms with van der Waals surface area (Å²) in [5.74, 6) is 0. The summed E-state index contributed by atoms with van der Waals surface area (Å²) in [6.07, 6.45) is 0. The standard InChI is InChI=1S/C13H22N4/c1-16-6-7-17(2)13(10-16)9-15-12-5-3-4-11(14)8-12/h3-5,8,13,15H,6-7,9-10,14H2,1-2H3. The van der Waals surface area contributed by atoms with Gasteiger partial charge in [0, 0.05) is 43.6 Å². The summed E-state index contributed by atoms with van der Waals surface area (Å²) >= 11 is 0. The molecule has 17 heavy (non-hydrogen) atoms. The number of nitrogens with two attached hydrogens (primary N) is 1. The van der Waals surface area contributed by atoms with Gasteiger partial charge < -0.3 is 16.0 Å². The maximum atomic E-state index is 5.76. The van der Waals surface area contributed by atoms with Crippen LogP contribution < -0.4 is 11.1 Å². The van der Waals surface area contributed by atoms with Gasteiger partial charge in [-0.05, 0) is 32.3 Å². The molecule has 0 bridgehead atoms. The molecule has 1 heterocycles. The topological polar surface area (TPSA) is 44.5 Å². The zero-order chi connectivity index (χ0) is 12.3. The van der Waals surface area contributed by atoms with Gasteiger partial charge in [0.15, 0.2) is 0 Å². The fourth-order valence-electron chi connectivity index (χ4n) is 2.21. The van der Waals surface area contributed by atoms with E-state index in [0.717, 1.165) is 37.6 Å². The summed E-state index contributed by atoms with van der Waals surface area (Å²) in [5.41, 5.74) is 7.67. The highest BCUT2D eigenvalue weighted by Crippen LogP contribution is 2.13. The molecule has 0 aromatic heterocycles. The number of anilines is 2. The van der Waals surface area contributed by atoms with Crippen molar-refractivity contribution in [1.82, 2.24) is 9.80 Å². The molecule has 0 radical (unpaired) electrons. The largest absolute Gasteiger partial charge is 0.399 e. The number of nitrogen functional groups attached to an aromatic ring is 1. The zero-order valence-electron chi connectivity index (χ0n) is 10.7. The van der Waals surface area contributed by atoms with Crippen LogP contribution in [0.2, 0.25) is 0 Å². The van der Waals surface area contributed by atoms with E-state index in [1.54, 1.807) is 0 Å². The minimum atomic E-state index is 0.565. The van der Waals surface area contributed by atoms with Crippen LogP contribution in [0.4, 0.5) is 11.4 Å². The molecule has 1 aliphatic heterocycles. The fraction of sp³-hybridized carbons (Fsp3) is 0.538. The lowest BCUT2D eigenvalue weighted by atomic mass is 10.2. The lowest BCUT2D eigenvalue weighted by Crippen LogP contribution is -2.52. The Balaban J connectivity index is 1.88. The summed E-state index contributed by atoms with van der Waals surface area (Å²) in [6.45, 7) is 4.38. The highest BCUT2D eigenvalue weighted by Gasteiger charge is 2.21. The second kappa shape index (κ2) is 5.38. The number of rotatable bonds is 3. The van der Waals surface area contributed by atoms with Crippen LogP contribution in [0.3, 0.4) is 0 Å². The first kappa shape index (κ1) is 12.2.